The number of benzene rings is 1. The lowest BCUT2D eigenvalue weighted by Crippen LogP contribution is -1.98. The lowest BCUT2D eigenvalue weighted by Gasteiger charge is -1.98. The van der Waals surface area contributed by atoms with Crippen molar-refractivity contribution in [2.24, 2.45) is 4.99 Å². The van der Waals surface area contributed by atoms with Gasteiger partial charge >= 0.3 is 0 Å². The van der Waals surface area contributed by atoms with E-state index in [1.54, 1.807) is 24.6 Å². The number of hydrogen-bond acceptors (Lipinski definition) is 5. The summed E-state index contributed by atoms with van der Waals surface area (Å²) in [5, 5.41) is 0.994. The summed E-state index contributed by atoms with van der Waals surface area (Å²) in [7, 11) is 1.67. The number of thiazole rings is 1. The van der Waals surface area contributed by atoms with Crippen LogP contribution in [0.1, 0.15) is 17.6 Å². The molecule has 0 radical (unpaired) electrons. The monoisotopic (exact) mass is 297 g/mol. The first-order valence-corrected chi connectivity index (χ1v) is 7.44. The van der Waals surface area contributed by atoms with Crippen LogP contribution in [-0.2, 0) is 6.54 Å². The number of aliphatic imine (C=N–C) groups is 1. The van der Waals surface area contributed by atoms with Gasteiger partial charge in [-0.3, -0.25) is 9.98 Å². The Kier molecular flexibility index (Phi) is 3.92. The molecule has 0 N–H and O–H groups in total. The van der Waals surface area contributed by atoms with E-state index < -0.39 is 0 Å². The molecular weight excluding hydrogens is 282 g/mol. The van der Waals surface area contributed by atoms with Gasteiger partial charge in [0, 0.05) is 6.20 Å². The molecule has 5 heteroatoms. The molecule has 0 aliphatic rings. The van der Waals surface area contributed by atoms with Crippen molar-refractivity contribution >= 4 is 27.3 Å². The maximum atomic E-state index is 5.23. The molecule has 0 aliphatic carbocycles. The smallest absolute Gasteiger partial charge is 0.120 e. The number of fused-ring (bicyclic) bond motifs is 1. The van der Waals surface area contributed by atoms with Crippen molar-refractivity contribution in [3.8, 4) is 5.75 Å². The molecule has 0 spiro atoms. The first-order chi connectivity index (χ1) is 10.3. The second-order valence-corrected chi connectivity index (χ2v) is 5.67. The van der Waals surface area contributed by atoms with Gasteiger partial charge in [0.2, 0.25) is 0 Å². The van der Waals surface area contributed by atoms with Gasteiger partial charge in [-0.1, -0.05) is 6.07 Å². The summed E-state index contributed by atoms with van der Waals surface area (Å²) in [6.45, 7) is 2.54. The third kappa shape index (κ3) is 3.08. The van der Waals surface area contributed by atoms with Crippen LogP contribution in [0.5, 0.6) is 5.75 Å². The van der Waals surface area contributed by atoms with Crippen LogP contribution in [0.2, 0.25) is 0 Å². The van der Waals surface area contributed by atoms with Gasteiger partial charge in [-0.15, -0.1) is 11.3 Å². The second-order valence-electron chi connectivity index (χ2n) is 4.56. The van der Waals surface area contributed by atoms with E-state index in [-0.39, 0.29) is 0 Å². The maximum absolute atomic E-state index is 5.23. The third-order valence-corrected chi connectivity index (χ3v) is 4.13. The van der Waals surface area contributed by atoms with Crippen molar-refractivity contribution in [3.63, 3.8) is 0 Å². The zero-order valence-electron chi connectivity index (χ0n) is 11.9. The third-order valence-electron chi connectivity index (χ3n) is 3.13. The molecule has 0 amide bonds. The van der Waals surface area contributed by atoms with Gasteiger partial charge in [0.25, 0.3) is 0 Å². The number of rotatable bonds is 4. The van der Waals surface area contributed by atoms with Gasteiger partial charge in [0.05, 0.1) is 35.3 Å². The first-order valence-electron chi connectivity index (χ1n) is 6.62. The molecule has 0 unspecified atom stereocenters. The number of pyridine rings is 1. The Labute approximate surface area is 127 Å². The van der Waals surface area contributed by atoms with E-state index in [0.29, 0.717) is 6.54 Å². The van der Waals surface area contributed by atoms with Gasteiger partial charge in [-0.2, -0.15) is 0 Å². The Morgan fingerprint density at radius 1 is 1.29 bits per heavy atom. The molecule has 3 aromatic rings. The van der Waals surface area contributed by atoms with Crippen molar-refractivity contribution < 1.29 is 4.74 Å². The van der Waals surface area contributed by atoms with Crippen molar-refractivity contribution in [2.45, 2.75) is 13.5 Å². The van der Waals surface area contributed by atoms with Crippen LogP contribution in [0.3, 0.4) is 0 Å². The molecule has 0 saturated carbocycles. The van der Waals surface area contributed by atoms with Crippen LogP contribution in [0.15, 0.2) is 47.6 Å². The fraction of sp³-hybridized carbons (Fsp3) is 0.188. The quantitative estimate of drug-likeness (QED) is 0.690. The molecule has 1 aromatic carbocycles. The number of methoxy groups -OCH3 is 1. The molecule has 3 rings (SSSR count). The van der Waals surface area contributed by atoms with Crippen LogP contribution in [-0.4, -0.2) is 22.8 Å². The zero-order valence-corrected chi connectivity index (χ0v) is 12.7. The largest absolute Gasteiger partial charge is 0.497 e. The Balaban J connectivity index is 1.82. The van der Waals surface area contributed by atoms with Crippen LogP contribution in [0, 0.1) is 0 Å². The number of ether oxygens (including phenoxy) is 1. The van der Waals surface area contributed by atoms with E-state index in [2.05, 4.69) is 15.0 Å². The van der Waals surface area contributed by atoms with Crippen molar-refractivity contribution in [1.82, 2.24) is 9.97 Å². The summed E-state index contributed by atoms with van der Waals surface area (Å²) in [6, 6.07) is 11.7. The average Bonchev–Trinajstić information content (AvgIpc) is 2.95. The van der Waals surface area contributed by atoms with Crippen LogP contribution >= 0.6 is 11.3 Å². The average molecular weight is 297 g/mol. The van der Waals surface area contributed by atoms with E-state index in [0.717, 1.165) is 32.4 Å². The summed E-state index contributed by atoms with van der Waals surface area (Å²) in [5.41, 5.74) is 2.81. The SMILES string of the molecule is COc1ccc2nc(CN=C(C)c3ccccn3)sc2c1. The van der Waals surface area contributed by atoms with Crippen molar-refractivity contribution in [3.05, 3.63) is 53.3 Å². The van der Waals surface area contributed by atoms with Gasteiger partial charge in [-0.05, 0) is 37.3 Å². The lowest BCUT2D eigenvalue weighted by atomic mass is 10.2. The van der Waals surface area contributed by atoms with E-state index >= 15 is 0 Å². The predicted octanol–water partition coefficient (Wildman–Crippen LogP) is 3.71. The van der Waals surface area contributed by atoms with Gasteiger partial charge in [0.1, 0.15) is 10.8 Å². The Hall–Kier alpha value is -2.27. The van der Waals surface area contributed by atoms with Gasteiger partial charge in [-0.25, -0.2) is 4.98 Å². The fourth-order valence-electron chi connectivity index (χ4n) is 1.99. The molecule has 0 aliphatic heterocycles. The minimum absolute atomic E-state index is 0.573. The highest BCUT2D eigenvalue weighted by Gasteiger charge is 2.05. The fourth-order valence-corrected chi connectivity index (χ4v) is 2.91. The number of nitrogens with zero attached hydrogens (tertiary/aromatic N) is 3. The van der Waals surface area contributed by atoms with E-state index in [4.69, 9.17) is 4.74 Å². The first kappa shape index (κ1) is 13.7. The Bertz CT molecular complexity index is 781. The van der Waals surface area contributed by atoms with Crippen molar-refractivity contribution in [1.29, 1.82) is 0 Å². The predicted molar refractivity (Wildman–Crippen MR) is 86.3 cm³/mol. The molecule has 0 saturated heterocycles. The molecule has 2 heterocycles. The Morgan fingerprint density at radius 2 is 2.19 bits per heavy atom. The molecule has 0 fully saturated rings. The minimum Gasteiger partial charge on any atom is -0.497 e. The highest BCUT2D eigenvalue weighted by atomic mass is 32.1. The molecule has 4 nitrogen and oxygen atoms in total. The van der Waals surface area contributed by atoms with Gasteiger partial charge in [0.15, 0.2) is 0 Å². The summed E-state index contributed by atoms with van der Waals surface area (Å²) < 4.78 is 6.35. The molecule has 0 bridgehead atoms. The molecule has 0 atom stereocenters. The highest BCUT2D eigenvalue weighted by molar-refractivity contribution is 7.18. The summed E-state index contributed by atoms with van der Waals surface area (Å²) in [6.07, 6.45) is 1.78. The number of hydrogen-bond donors (Lipinski definition) is 0. The summed E-state index contributed by atoms with van der Waals surface area (Å²) in [5.74, 6) is 0.853. The molecular formula is C16H15N3OS. The van der Waals surface area contributed by atoms with Crippen LogP contribution in [0.4, 0.5) is 0 Å². The van der Waals surface area contributed by atoms with Crippen molar-refractivity contribution in [2.75, 3.05) is 7.11 Å². The molecule has 2 aromatic heterocycles. The van der Waals surface area contributed by atoms with Gasteiger partial charge < -0.3 is 4.74 Å². The molecule has 106 valence electrons. The topological polar surface area (TPSA) is 47.4 Å². The second kappa shape index (κ2) is 6.01. The standard InChI is InChI=1S/C16H15N3OS/c1-11(13-5-3-4-8-17-13)18-10-16-19-14-7-6-12(20-2)9-15(14)21-16/h3-9H,10H2,1-2H3. The van der Waals surface area contributed by atoms with E-state index in [1.807, 2.05) is 43.3 Å². The van der Waals surface area contributed by atoms with E-state index in [1.165, 1.54) is 0 Å². The minimum atomic E-state index is 0.573. The Morgan fingerprint density at radius 3 is 2.95 bits per heavy atom. The lowest BCUT2D eigenvalue weighted by molar-refractivity contribution is 0.415. The molecule has 21 heavy (non-hydrogen) atoms. The zero-order chi connectivity index (χ0) is 14.7. The van der Waals surface area contributed by atoms with E-state index in [9.17, 15) is 0 Å². The van der Waals surface area contributed by atoms with Crippen LogP contribution < -0.4 is 4.74 Å². The summed E-state index contributed by atoms with van der Waals surface area (Å²) in [4.78, 5) is 13.5. The van der Waals surface area contributed by atoms with Crippen LogP contribution in [0.25, 0.3) is 10.2 Å². The summed E-state index contributed by atoms with van der Waals surface area (Å²) >= 11 is 1.65. The highest BCUT2D eigenvalue weighted by Crippen LogP contribution is 2.26. The normalized spacial score (nSPS) is 11.8. The number of aromatic nitrogens is 2. The maximum Gasteiger partial charge on any atom is 0.120 e.